The van der Waals surface area contributed by atoms with Gasteiger partial charge in [0, 0.05) is 17.6 Å². The third-order valence-corrected chi connectivity index (χ3v) is 4.09. The molecule has 3 rings (SSSR count). The van der Waals surface area contributed by atoms with Crippen LogP contribution in [0.1, 0.15) is 17.3 Å². The quantitative estimate of drug-likeness (QED) is 0.899. The van der Waals surface area contributed by atoms with Crippen LogP contribution in [0.5, 0.6) is 0 Å². The van der Waals surface area contributed by atoms with Crippen LogP contribution in [0.15, 0.2) is 35.1 Å². The Balaban J connectivity index is 1.80. The Kier molecular flexibility index (Phi) is 4.31. The Bertz CT molecular complexity index is 725. The minimum absolute atomic E-state index is 0.0385. The van der Waals surface area contributed by atoms with Gasteiger partial charge in [0.2, 0.25) is 5.91 Å². The summed E-state index contributed by atoms with van der Waals surface area (Å²) in [5.41, 5.74) is 1.22. The van der Waals surface area contributed by atoms with Gasteiger partial charge in [0.15, 0.2) is 0 Å². The number of benzene rings is 1. The largest absolute Gasteiger partial charge is 0.377 e. The highest BCUT2D eigenvalue weighted by molar-refractivity contribution is 6.31. The van der Waals surface area contributed by atoms with Gasteiger partial charge in [0.1, 0.15) is 0 Å². The first-order valence-electron chi connectivity index (χ1n) is 7.03. The number of aromatic amines is 2. The van der Waals surface area contributed by atoms with Crippen LogP contribution >= 0.6 is 11.6 Å². The molecule has 7 heteroatoms. The second-order valence-electron chi connectivity index (χ2n) is 5.16. The van der Waals surface area contributed by atoms with Crippen molar-refractivity contribution >= 4 is 17.5 Å². The van der Waals surface area contributed by atoms with Crippen LogP contribution in [0.2, 0.25) is 5.02 Å². The van der Waals surface area contributed by atoms with Gasteiger partial charge in [-0.1, -0.05) is 29.8 Å². The number of amides is 1. The second-order valence-corrected chi connectivity index (χ2v) is 5.57. The fourth-order valence-electron chi connectivity index (χ4n) is 2.59. The molecule has 1 fully saturated rings. The van der Waals surface area contributed by atoms with Crippen LogP contribution in [0.3, 0.4) is 0 Å². The zero-order valence-electron chi connectivity index (χ0n) is 11.8. The van der Waals surface area contributed by atoms with Crippen LogP contribution in [-0.4, -0.2) is 40.8 Å². The second kappa shape index (κ2) is 6.37. The Morgan fingerprint density at radius 2 is 2.18 bits per heavy atom. The van der Waals surface area contributed by atoms with E-state index in [9.17, 15) is 9.59 Å². The van der Waals surface area contributed by atoms with Gasteiger partial charge >= 0.3 is 0 Å². The Morgan fingerprint density at radius 3 is 2.91 bits per heavy atom. The predicted molar refractivity (Wildman–Crippen MR) is 81.8 cm³/mol. The molecule has 1 aromatic heterocycles. The fourth-order valence-corrected chi connectivity index (χ4v) is 2.80. The maximum Gasteiger partial charge on any atom is 0.264 e. The number of ether oxygens (including phenoxy) is 1. The lowest BCUT2D eigenvalue weighted by molar-refractivity contribution is -0.139. The van der Waals surface area contributed by atoms with Gasteiger partial charge < -0.3 is 14.7 Å². The number of nitrogens with one attached hydrogen (secondary N) is 2. The van der Waals surface area contributed by atoms with Gasteiger partial charge in [-0.15, -0.1) is 0 Å². The van der Waals surface area contributed by atoms with Crippen molar-refractivity contribution in [2.24, 2.45) is 0 Å². The molecule has 0 aliphatic carbocycles. The van der Waals surface area contributed by atoms with E-state index in [1.54, 1.807) is 11.0 Å². The average Bonchev–Trinajstić information content (AvgIpc) is 2.96. The Hall–Kier alpha value is -2.05. The number of halogens is 1. The van der Waals surface area contributed by atoms with E-state index in [0.717, 1.165) is 5.56 Å². The molecule has 2 aromatic rings. The molecule has 0 saturated carbocycles. The van der Waals surface area contributed by atoms with Gasteiger partial charge in [-0.3, -0.25) is 14.7 Å². The molecule has 1 aromatic carbocycles. The lowest BCUT2D eigenvalue weighted by atomic mass is 10.1. The van der Waals surface area contributed by atoms with E-state index in [1.807, 2.05) is 18.2 Å². The zero-order valence-corrected chi connectivity index (χ0v) is 12.6. The molecule has 2 heterocycles. The molecule has 1 amide bonds. The maximum absolute atomic E-state index is 12.6. The lowest BCUT2D eigenvalue weighted by Crippen LogP contribution is -2.44. The highest BCUT2D eigenvalue weighted by Crippen LogP contribution is 2.24. The number of hydrogen-bond donors (Lipinski definition) is 2. The number of carbonyl (C=O) groups is 1. The van der Waals surface area contributed by atoms with Gasteiger partial charge in [0.25, 0.3) is 5.56 Å². The molecule has 1 unspecified atom stereocenters. The molecule has 1 aliphatic heterocycles. The molecule has 0 bridgehead atoms. The standard InChI is InChI=1S/C15H16ClN3O3/c16-11-4-2-1-3-10(11)7-15(21)19-5-6-22-9-13(19)12-8-14(20)18-17-12/h1-4,8,13H,5-7,9H2,(H2,17,18,20). The highest BCUT2D eigenvalue weighted by Gasteiger charge is 2.30. The van der Waals surface area contributed by atoms with E-state index in [-0.39, 0.29) is 23.9 Å². The first kappa shape index (κ1) is 14.9. The van der Waals surface area contributed by atoms with E-state index in [0.29, 0.717) is 30.5 Å². The zero-order chi connectivity index (χ0) is 15.5. The van der Waals surface area contributed by atoms with Crippen LogP contribution in [-0.2, 0) is 16.0 Å². The lowest BCUT2D eigenvalue weighted by Gasteiger charge is -2.35. The molecular weight excluding hydrogens is 306 g/mol. The summed E-state index contributed by atoms with van der Waals surface area (Å²) in [7, 11) is 0. The van der Waals surface area contributed by atoms with Crippen molar-refractivity contribution in [1.82, 2.24) is 15.1 Å². The number of nitrogens with zero attached hydrogens (tertiary/aromatic N) is 1. The molecule has 116 valence electrons. The normalized spacial score (nSPS) is 18.4. The van der Waals surface area contributed by atoms with Crippen LogP contribution in [0.25, 0.3) is 0 Å². The van der Waals surface area contributed by atoms with Gasteiger partial charge in [0.05, 0.1) is 31.4 Å². The van der Waals surface area contributed by atoms with Crippen LogP contribution < -0.4 is 5.56 Å². The van der Waals surface area contributed by atoms with Gasteiger partial charge in [-0.25, -0.2) is 0 Å². The van der Waals surface area contributed by atoms with Gasteiger partial charge in [-0.2, -0.15) is 0 Å². The minimum Gasteiger partial charge on any atom is -0.377 e. The number of carbonyl (C=O) groups excluding carboxylic acids is 1. The number of hydrogen-bond acceptors (Lipinski definition) is 3. The van der Waals surface area contributed by atoms with Crippen molar-refractivity contribution in [3.63, 3.8) is 0 Å². The third-order valence-electron chi connectivity index (χ3n) is 3.72. The third kappa shape index (κ3) is 3.08. The van der Waals surface area contributed by atoms with Crippen molar-refractivity contribution in [2.75, 3.05) is 19.8 Å². The summed E-state index contributed by atoms with van der Waals surface area (Å²) < 4.78 is 5.44. The van der Waals surface area contributed by atoms with Crippen molar-refractivity contribution in [2.45, 2.75) is 12.5 Å². The molecule has 1 aliphatic rings. The topological polar surface area (TPSA) is 78.2 Å². The van der Waals surface area contributed by atoms with Crippen molar-refractivity contribution in [3.05, 3.63) is 57.0 Å². The van der Waals surface area contributed by atoms with Crippen LogP contribution in [0, 0.1) is 0 Å². The minimum atomic E-state index is -0.289. The number of H-pyrrole nitrogens is 2. The van der Waals surface area contributed by atoms with Crippen molar-refractivity contribution in [3.8, 4) is 0 Å². The summed E-state index contributed by atoms with van der Waals surface area (Å²) in [6.45, 7) is 1.34. The summed E-state index contributed by atoms with van der Waals surface area (Å²) in [5.74, 6) is -0.0385. The molecule has 1 atom stereocenters. The summed E-state index contributed by atoms with van der Waals surface area (Å²) in [5, 5.41) is 5.87. The maximum atomic E-state index is 12.6. The van der Waals surface area contributed by atoms with Gasteiger partial charge in [-0.05, 0) is 11.6 Å². The number of aromatic nitrogens is 2. The summed E-state index contributed by atoms with van der Waals surface area (Å²) in [6, 6.07) is 8.46. The molecule has 22 heavy (non-hydrogen) atoms. The van der Waals surface area contributed by atoms with E-state index < -0.39 is 0 Å². The van der Waals surface area contributed by atoms with Crippen LogP contribution in [0.4, 0.5) is 0 Å². The van der Waals surface area contributed by atoms with E-state index in [1.165, 1.54) is 6.07 Å². The number of morpholine rings is 1. The fraction of sp³-hybridized carbons (Fsp3) is 0.333. The first-order chi connectivity index (χ1) is 10.6. The molecule has 6 nitrogen and oxygen atoms in total. The molecule has 0 radical (unpaired) electrons. The highest BCUT2D eigenvalue weighted by atomic mass is 35.5. The summed E-state index contributed by atoms with van der Waals surface area (Å²) in [6.07, 6.45) is 0.227. The van der Waals surface area contributed by atoms with E-state index in [2.05, 4.69) is 10.2 Å². The number of rotatable bonds is 3. The van der Waals surface area contributed by atoms with Crippen molar-refractivity contribution in [1.29, 1.82) is 0 Å². The molecular formula is C15H16ClN3O3. The van der Waals surface area contributed by atoms with Crippen molar-refractivity contribution < 1.29 is 9.53 Å². The predicted octanol–water partition coefficient (Wildman–Crippen LogP) is 1.50. The Morgan fingerprint density at radius 1 is 1.36 bits per heavy atom. The first-order valence-corrected chi connectivity index (χ1v) is 7.41. The average molecular weight is 322 g/mol. The smallest absolute Gasteiger partial charge is 0.264 e. The Labute approximate surface area is 132 Å². The van der Waals surface area contributed by atoms with E-state index in [4.69, 9.17) is 16.3 Å². The molecule has 1 saturated heterocycles. The molecule has 0 spiro atoms. The molecule has 2 N–H and O–H groups in total. The summed E-state index contributed by atoms with van der Waals surface area (Å²) >= 11 is 6.12. The monoisotopic (exact) mass is 321 g/mol. The summed E-state index contributed by atoms with van der Waals surface area (Å²) in [4.78, 5) is 25.6. The van der Waals surface area contributed by atoms with E-state index >= 15 is 0 Å². The SMILES string of the molecule is O=C(Cc1ccccc1Cl)N1CCOCC1c1cc(=O)[nH][nH]1.